The number of halogens is 3. The third-order valence-corrected chi connectivity index (χ3v) is 0. The number of nitrogens with zero attached hydrogens (tertiary/aromatic N) is 4. The molecule has 0 unspecified atom stereocenters. The Hall–Kier alpha value is 1.57. The molecule has 6 nitrogen and oxygen atoms in total. The first-order valence-electron chi connectivity index (χ1n) is 0.766. The van der Waals surface area contributed by atoms with Crippen LogP contribution in [0.3, 0.4) is 0 Å². The van der Waals surface area contributed by atoms with E-state index in [2.05, 4.69) is 37.2 Å². The molecular formula is H5I3N6Pt. The van der Waals surface area contributed by atoms with Crippen LogP contribution in [0.1, 0.15) is 0 Å². The fraction of sp³-hybridized carbons (Fsp3) is 0. The summed E-state index contributed by atoms with van der Waals surface area (Å²) in [5.74, 6) is 0. The summed E-state index contributed by atoms with van der Waals surface area (Å²) < 4.78 is 0. The fourth-order valence-corrected chi connectivity index (χ4v) is 0. The van der Waals surface area contributed by atoms with Crippen molar-refractivity contribution in [2.45, 2.75) is 0 Å². The molecule has 0 radical (unpaired) electrons. The van der Waals surface area contributed by atoms with Gasteiger partial charge in [0.25, 0.3) is 0 Å². The molecule has 0 heterocycles. The molecule has 0 aromatic carbocycles. The minimum atomic E-state index is 0. The Kier molecular flexibility index (Phi) is 611. The number of hydrogen-bond donors (Lipinski definition) is 2. The summed E-state index contributed by atoms with van der Waals surface area (Å²) in [4.78, 5) is 1.75. The molecule has 0 atom stereocenters. The number of hydrogen-bond acceptors (Lipinski definition) is 4. The summed E-state index contributed by atoms with van der Waals surface area (Å²) in [5, 5.41) is 12.0. The second-order valence-corrected chi connectivity index (χ2v) is 0.100. The third kappa shape index (κ3) is 286. The largest absolute Gasteiger partial charge is 0.344 e. The Labute approximate surface area is 113 Å². The molecule has 0 aromatic heterocycles. The molecular weight excluding hydrogens is 660 g/mol. The van der Waals surface area contributed by atoms with Crippen LogP contribution in [-0.4, -0.2) is 0 Å². The summed E-state index contributed by atoms with van der Waals surface area (Å²) in [5.41, 5.74) is 12.2. The van der Waals surface area contributed by atoms with E-state index in [1.165, 1.54) is 0 Å². The van der Waals surface area contributed by atoms with E-state index in [9.17, 15) is 0 Å². The summed E-state index contributed by atoms with van der Waals surface area (Å²) in [7, 11) is 0. The van der Waals surface area contributed by atoms with Gasteiger partial charge in [-0.2, -0.15) is 0 Å². The van der Waals surface area contributed by atoms with Crippen LogP contribution in [-0.2, 0) is 21.1 Å². The molecule has 0 saturated heterocycles. The molecule has 0 aliphatic rings. The van der Waals surface area contributed by atoms with Crippen LogP contribution in [0, 0.1) is 16.3 Å². The van der Waals surface area contributed by atoms with Gasteiger partial charge in [0.05, 0.1) is 0 Å². The van der Waals surface area contributed by atoms with Crippen molar-refractivity contribution in [2.75, 3.05) is 0 Å². The van der Waals surface area contributed by atoms with Gasteiger partial charge in [-0.05, 0) is 10.4 Å². The standard InChI is InChI=1S/I2.HI.HN3.N2.H3N.Pt/c1-2;;1-3-2;1-2;;/h;1H;1H;;1H3;. The summed E-state index contributed by atoms with van der Waals surface area (Å²) in [6.07, 6.45) is 0. The topological polar surface area (TPSA) is 143 Å². The smallest absolute Gasteiger partial charge is 0 e. The predicted octanol–water partition coefficient (Wildman–Crippen LogP) is 3.45. The van der Waals surface area contributed by atoms with Gasteiger partial charge in [0.1, 0.15) is 0 Å². The monoisotopic (exact) mass is 665 g/mol. The van der Waals surface area contributed by atoms with Crippen molar-refractivity contribution in [3.63, 3.8) is 0 Å². The van der Waals surface area contributed by atoms with Crippen LogP contribution in [0.4, 0.5) is 0 Å². The van der Waals surface area contributed by atoms with Crippen LogP contribution in [0.15, 0.2) is 0 Å². The Morgan fingerprint density at radius 1 is 1.30 bits per heavy atom. The molecule has 0 aliphatic carbocycles. The molecule has 4 N–H and O–H groups in total. The normalized spacial score (nSPS) is 1.60. The zero-order chi connectivity index (χ0) is 6.71. The SMILES string of the molecule is I.II.N.N#N.[N-]=[N+]=N.[Pt]. The molecule has 0 aliphatic heterocycles. The van der Waals surface area contributed by atoms with Gasteiger partial charge in [0, 0.05) is 69.1 Å². The van der Waals surface area contributed by atoms with Crippen molar-refractivity contribution < 1.29 is 21.1 Å². The van der Waals surface area contributed by atoms with Crippen molar-refractivity contribution in [3.05, 3.63) is 10.4 Å². The Morgan fingerprint density at radius 3 is 1.30 bits per heavy atom. The first-order chi connectivity index (χ1) is 3.41. The van der Waals surface area contributed by atoms with Gasteiger partial charge in [0.15, 0.2) is 0 Å². The summed E-state index contributed by atoms with van der Waals surface area (Å²) in [6.45, 7) is 0. The summed E-state index contributed by atoms with van der Waals surface area (Å²) >= 11 is 4.24. The maximum absolute atomic E-state index is 6.86. The Balaban J connectivity index is -0.00000000536. The molecule has 0 saturated carbocycles. The van der Waals surface area contributed by atoms with E-state index in [-0.39, 0.29) is 51.2 Å². The molecule has 10 heteroatoms. The van der Waals surface area contributed by atoms with E-state index in [0.717, 1.165) is 0 Å². The molecule has 0 bridgehead atoms. The maximum Gasteiger partial charge on any atom is 0 e. The van der Waals surface area contributed by atoms with E-state index in [1.54, 1.807) is 4.91 Å². The van der Waals surface area contributed by atoms with Gasteiger partial charge in [-0.25, -0.2) is 0 Å². The first kappa shape index (κ1) is 41.7. The zero-order valence-electron chi connectivity index (χ0n) is 4.48. The number of nitrogens with one attached hydrogen (secondary N) is 1. The van der Waals surface area contributed by atoms with Crippen molar-refractivity contribution in [1.29, 1.82) is 16.3 Å². The molecule has 0 spiro atoms. The van der Waals surface area contributed by atoms with Gasteiger partial charge in [-0.3, -0.25) is 0 Å². The van der Waals surface area contributed by atoms with Crippen molar-refractivity contribution in [3.8, 4) is 0 Å². The van der Waals surface area contributed by atoms with Crippen LogP contribution >= 0.6 is 61.2 Å². The molecule has 10 heavy (non-hydrogen) atoms. The fourth-order valence-electron chi connectivity index (χ4n) is 0. The van der Waals surface area contributed by atoms with E-state index < -0.39 is 0 Å². The number of rotatable bonds is 0. The molecule has 0 rings (SSSR count). The van der Waals surface area contributed by atoms with Crippen LogP contribution in [0.25, 0.3) is 10.4 Å². The molecule has 66 valence electrons. The second-order valence-electron chi connectivity index (χ2n) is 0.100. The quantitative estimate of drug-likeness (QED) is 0.135. The van der Waals surface area contributed by atoms with E-state index >= 15 is 0 Å². The minimum absolute atomic E-state index is 0. The van der Waals surface area contributed by atoms with Gasteiger partial charge >= 0.3 is 0 Å². The van der Waals surface area contributed by atoms with E-state index in [1.807, 2.05) is 0 Å². The van der Waals surface area contributed by atoms with E-state index in [0.29, 0.717) is 0 Å². The molecule has 0 amide bonds. The van der Waals surface area contributed by atoms with Crippen LogP contribution in [0.5, 0.6) is 0 Å². The zero-order valence-corrected chi connectivity index (χ0v) is 13.4. The van der Waals surface area contributed by atoms with Crippen molar-refractivity contribution in [2.24, 2.45) is 0 Å². The average molecular weight is 665 g/mol. The molecule has 0 fully saturated rings. The van der Waals surface area contributed by atoms with E-state index in [4.69, 9.17) is 21.8 Å². The summed E-state index contributed by atoms with van der Waals surface area (Å²) in [6, 6.07) is 0. The molecule has 0 aromatic rings. The average Bonchev–Trinajstić information content (AvgIpc) is 1.78. The van der Waals surface area contributed by atoms with Gasteiger partial charge in [-0.15, -0.1) is 29.5 Å². The van der Waals surface area contributed by atoms with Crippen LogP contribution in [0.2, 0.25) is 0 Å². The minimum Gasteiger partial charge on any atom is -0.344 e. The maximum atomic E-state index is 6.86. The predicted molar refractivity (Wildman–Crippen MR) is 61.4 cm³/mol. The van der Waals surface area contributed by atoms with Gasteiger partial charge in [0.2, 0.25) is 0 Å². The van der Waals surface area contributed by atoms with Crippen molar-refractivity contribution >= 4 is 61.2 Å². The van der Waals surface area contributed by atoms with Crippen molar-refractivity contribution in [1.82, 2.24) is 6.15 Å². The Bertz CT molecular complexity index is 55.3. The van der Waals surface area contributed by atoms with Gasteiger partial charge < -0.3 is 6.15 Å². The first-order valence-corrected chi connectivity index (χ1v) is 7.05. The van der Waals surface area contributed by atoms with Crippen LogP contribution < -0.4 is 6.15 Å². The Morgan fingerprint density at radius 2 is 1.30 bits per heavy atom. The van der Waals surface area contributed by atoms with Gasteiger partial charge in [-0.1, -0.05) is 0 Å². The second kappa shape index (κ2) is 147. The third-order valence-electron chi connectivity index (χ3n) is 0.